The molecule has 6 nitrogen and oxygen atoms in total. The van der Waals surface area contributed by atoms with Crippen molar-refractivity contribution in [3.8, 4) is 0 Å². The predicted molar refractivity (Wildman–Crippen MR) is 122 cm³/mol. The average Bonchev–Trinajstić information content (AvgIpc) is 3.05. The molecule has 1 atom stereocenters. The molecule has 1 aliphatic carbocycles. The summed E-state index contributed by atoms with van der Waals surface area (Å²) < 4.78 is 5.02. The molecule has 1 unspecified atom stereocenters. The standard InChI is InChI=1S/C25H37N3O3/c1-4-31-25(30)26-23-21-7-5-6-8-22(21)28(24(23)29)20-13-15-27(16-14-20)19-11-9-18(10-12-19)17(2)3/h5-8,17-20,23H,4,9-16H2,1-3H3,(H,26,30)/t18-,19+,23?. The van der Waals surface area contributed by atoms with Crippen molar-refractivity contribution < 1.29 is 14.3 Å². The van der Waals surface area contributed by atoms with Crippen LogP contribution in [-0.2, 0) is 9.53 Å². The highest BCUT2D eigenvalue weighted by Gasteiger charge is 2.43. The molecule has 1 saturated heterocycles. The van der Waals surface area contributed by atoms with Crippen LogP contribution in [0.4, 0.5) is 10.5 Å². The smallest absolute Gasteiger partial charge is 0.408 e. The number of anilines is 1. The van der Waals surface area contributed by atoms with E-state index in [1.807, 2.05) is 29.2 Å². The van der Waals surface area contributed by atoms with Gasteiger partial charge in [0, 0.05) is 36.4 Å². The summed E-state index contributed by atoms with van der Waals surface area (Å²) in [6.07, 6.45) is 6.74. The van der Waals surface area contributed by atoms with Gasteiger partial charge in [-0.3, -0.25) is 4.79 Å². The average molecular weight is 428 g/mol. The van der Waals surface area contributed by atoms with E-state index in [0.29, 0.717) is 6.04 Å². The van der Waals surface area contributed by atoms with Gasteiger partial charge in [0.15, 0.2) is 0 Å². The first-order valence-electron chi connectivity index (χ1n) is 12.1. The molecule has 0 spiro atoms. The molecule has 1 N–H and O–H groups in total. The molecule has 2 heterocycles. The molecule has 0 aromatic heterocycles. The Balaban J connectivity index is 1.39. The Morgan fingerprint density at radius 2 is 1.74 bits per heavy atom. The number of nitrogens with one attached hydrogen (secondary N) is 1. The molecule has 1 saturated carbocycles. The second-order valence-corrected chi connectivity index (χ2v) is 9.64. The third-order valence-electron chi connectivity index (χ3n) is 7.59. The lowest BCUT2D eigenvalue weighted by atomic mass is 9.79. The molecule has 3 aliphatic rings. The number of para-hydroxylation sites is 1. The fraction of sp³-hybridized carbons (Fsp3) is 0.680. The Bertz CT molecular complexity index is 780. The topological polar surface area (TPSA) is 61.9 Å². The van der Waals surface area contributed by atoms with E-state index in [1.54, 1.807) is 6.92 Å². The summed E-state index contributed by atoms with van der Waals surface area (Å²) in [6, 6.07) is 8.06. The molecule has 2 fully saturated rings. The number of piperidine rings is 1. The van der Waals surface area contributed by atoms with E-state index in [9.17, 15) is 9.59 Å². The second-order valence-electron chi connectivity index (χ2n) is 9.64. The molecule has 2 aliphatic heterocycles. The van der Waals surface area contributed by atoms with Gasteiger partial charge in [-0.25, -0.2) is 4.79 Å². The van der Waals surface area contributed by atoms with Gasteiger partial charge in [-0.15, -0.1) is 0 Å². The number of alkyl carbamates (subject to hydrolysis) is 1. The first-order chi connectivity index (χ1) is 15.0. The van der Waals surface area contributed by atoms with E-state index in [4.69, 9.17) is 4.74 Å². The fourth-order valence-electron chi connectivity index (χ4n) is 5.79. The molecule has 2 amide bonds. The maximum atomic E-state index is 13.3. The van der Waals surface area contributed by atoms with Crippen LogP contribution in [0, 0.1) is 11.8 Å². The van der Waals surface area contributed by atoms with Crippen LogP contribution in [0.15, 0.2) is 24.3 Å². The van der Waals surface area contributed by atoms with Crippen molar-refractivity contribution >= 4 is 17.7 Å². The van der Waals surface area contributed by atoms with Gasteiger partial charge in [0.05, 0.1) is 6.61 Å². The number of carbonyl (C=O) groups excluding carboxylic acids is 2. The zero-order valence-electron chi connectivity index (χ0n) is 19.2. The minimum Gasteiger partial charge on any atom is -0.450 e. The second kappa shape index (κ2) is 9.60. The van der Waals surface area contributed by atoms with E-state index in [-0.39, 0.29) is 18.6 Å². The number of rotatable bonds is 5. The number of amides is 2. The normalized spacial score (nSPS) is 27.4. The van der Waals surface area contributed by atoms with Gasteiger partial charge in [0.25, 0.3) is 5.91 Å². The molecule has 170 valence electrons. The van der Waals surface area contributed by atoms with Crippen LogP contribution in [-0.4, -0.2) is 48.7 Å². The molecular weight excluding hydrogens is 390 g/mol. The fourth-order valence-corrected chi connectivity index (χ4v) is 5.79. The molecular formula is C25H37N3O3. The number of likely N-dealkylation sites (tertiary alicyclic amines) is 1. The summed E-state index contributed by atoms with van der Waals surface area (Å²) in [5, 5.41) is 2.77. The monoisotopic (exact) mass is 427 g/mol. The van der Waals surface area contributed by atoms with E-state index in [2.05, 4.69) is 24.1 Å². The van der Waals surface area contributed by atoms with Crippen LogP contribution in [0.25, 0.3) is 0 Å². The van der Waals surface area contributed by atoms with Crippen LogP contribution in [0.2, 0.25) is 0 Å². The first kappa shape index (κ1) is 22.1. The van der Waals surface area contributed by atoms with Crippen molar-refractivity contribution in [1.82, 2.24) is 10.2 Å². The van der Waals surface area contributed by atoms with Crippen LogP contribution in [0.5, 0.6) is 0 Å². The van der Waals surface area contributed by atoms with E-state index >= 15 is 0 Å². The van der Waals surface area contributed by atoms with Crippen LogP contribution >= 0.6 is 0 Å². The number of ether oxygens (including phenoxy) is 1. The molecule has 31 heavy (non-hydrogen) atoms. The highest BCUT2D eigenvalue weighted by molar-refractivity contribution is 6.06. The number of carbonyl (C=O) groups is 2. The molecule has 6 heteroatoms. The van der Waals surface area contributed by atoms with Crippen molar-refractivity contribution in [2.24, 2.45) is 11.8 Å². The summed E-state index contributed by atoms with van der Waals surface area (Å²) in [5.74, 6) is 1.64. The van der Waals surface area contributed by atoms with Gasteiger partial charge >= 0.3 is 6.09 Å². The molecule has 0 radical (unpaired) electrons. The maximum Gasteiger partial charge on any atom is 0.408 e. The van der Waals surface area contributed by atoms with Crippen molar-refractivity contribution in [2.75, 3.05) is 24.6 Å². The Morgan fingerprint density at radius 1 is 1.06 bits per heavy atom. The lowest BCUT2D eigenvalue weighted by molar-refractivity contribution is -0.120. The van der Waals surface area contributed by atoms with Gasteiger partial charge < -0.3 is 19.9 Å². The van der Waals surface area contributed by atoms with Gasteiger partial charge in [-0.1, -0.05) is 32.0 Å². The molecule has 1 aromatic rings. The number of hydrogen-bond acceptors (Lipinski definition) is 4. The lowest BCUT2D eigenvalue weighted by Gasteiger charge is -2.43. The zero-order chi connectivity index (χ0) is 22.0. The zero-order valence-corrected chi connectivity index (χ0v) is 19.2. The summed E-state index contributed by atoms with van der Waals surface area (Å²) in [7, 11) is 0. The summed E-state index contributed by atoms with van der Waals surface area (Å²) in [4.78, 5) is 29.9. The minimum atomic E-state index is -0.653. The van der Waals surface area contributed by atoms with Crippen molar-refractivity contribution in [2.45, 2.75) is 77.4 Å². The van der Waals surface area contributed by atoms with Gasteiger partial charge in [-0.05, 0) is 63.4 Å². The van der Waals surface area contributed by atoms with Gasteiger partial charge in [0.2, 0.25) is 0 Å². The first-order valence-corrected chi connectivity index (χ1v) is 12.1. The number of nitrogens with zero attached hydrogens (tertiary/aromatic N) is 2. The van der Waals surface area contributed by atoms with Crippen molar-refractivity contribution in [1.29, 1.82) is 0 Å². The highest BCUT2D eigenvalue weighted by Crippen LogP contribution is 2.40. The number of hydrogen-bond donors (Lipinski definition) is 1. The molecule has 1 aromatic carbocycles. The summed E-state index contributed by atoms with van der Waals surface area (Å²) in [5.41, 5.74) is 1.81. The highest BCUT2D eigenvalue weighted by atomic mass is 16.5. The summed E-state index contributed by atoms with van der Waals surface area (Å²) in [6.45, 7) is 8.85. The van der Waals surface area contributed by atoms with Gasteiger partial charge in [-0.2, -0.15) is 0 Å². The predicted octanol–water partition coefficient (Wildman–Crippen LogP) is 4.50. The van der Waals surface area contributed by atoms with Crippen LogP contribution in [0.3, 0.4) is 0 Å². The van der Waals surface area contributed by atoms with E-state index < -0.39 is 12.1 Å². The lowest BCUT2D eigenvalue weighted by Crippen LogP contribution is -2.51. The van der Waals surface area contributed by atoms with Crippen molar-refractivity contribution in [3.63, 3.8) is 0 Å². The third kappa shape index (κ3) is 4.59. The maximum absolute atomic E-state index is 13.3. The van der Waals surface area contributed by atoms with E-state index in [0.717, 1.165) is 49.0 Å². The van der Waals surface area contributed by atoms with Crippen LogP contribution in [0.1, 0.15) is 70.9 Å². The summed E-state index contributed by atoms with van der Waals surface area (Å²) >= 11 is 0. The molecule has 4 rings (SSSR count). The number of benzene rings is 1. The van der Waals surface area contributed by atoms with E-state index in [1.165, 1.54) is 25.7 Å². The Kier molecular flexibility index (Phi) is 6.85. The quantitative estimate of drug-likeness (QED) is 0.752. The third-order valence-corrected chi connectivity index (χ3v) is 7.59. The van der Waals surface area contributed by atoms with Gasteiger partial charge in [0.1, 0.15) is 6.04 Å². The number of fused-ring (bicyclic) bond motifs is 1. The Morgan fingerprint density at radius 3 is 2.39 bits per heavy atom. The Labute approximate surface area is 186 Å². The minimum absolute atomic E-state index is 0.0369. The molecule has 0 bridgehead atoms. The van der Waals surface area contributed by atoms with Crippen LogP contribution < -0.4 is 10.2 Å². The van der Waals surface area contributed by atoms with Crippen molar-refractivity contribution in [3.05, 3.63) is 29.8 Å². The SMILES string of the molecule is CCOC(=O)NC1C(=O)N(C2CCN([C@H]3CC[C@@H](C(C)C)CC3)CC2)c2ccccc21. The Hall–Kier alpha value is -2.08. The largest absolute Gasteiger partial charge is 0.450 e.